The average Bonchev–Trinajstić information content (AvgIpc) is 3.06. The maximum absolute atomic E-state index is 12.3. The summed E-state index contributed by atoms with van der Waals surface area (Å²) in [5, 5.41) is 11.9. The molecule has 1 aliphatic carbocycles. The van der Waals surface area contributed by atoms with Gasteiger partial charge in [0.2, 0.25) is 0 Å². The van der Waals surface area contributed by atoms with Crippen LogP contribution in [0.15, 0.2) is 0 Å². The van der Waals surface area contributed by atoms with Crippen molar-refractivity contribution in [2.75, 3.05) is 6.54 Å². The molecule has 19 heavy (non-hydrogen) atoms. The molecule has 1 saturated carbocycles. The van der Waals surface area contributed by atoms with Crippen LogP contribution in [0.1, 0.15) is 53.4 Å². The smallest absolute Gasteiger partial charge is 0.317 e. The van der Waals surface area contributed by atoms with Gasteiger partial charge < -0.3 is 15.3 Å². The molecule has 0 radical (unpaired) electrons. The summed E-state index contributed by atoms with van der Waals surface area (Å²) in [6, 6.07) is -0.119. The minimum Gasteiger partial charge on any atom is -0.481 e. The Morgan fingerprint density at radius 3 is 2.32 bits per heavy atom. The minimum atomic E-state index is -0.881. The number of nitrogens with zero attached hydrogens (tertiary/aromatic N) is 1. The zero-order chi connectivity index (χ0) is 14.6. The van der Waals surface area contributed by atoms with E-state index in [-0.39, 0.29) is 23.9 Å². The number of nitrogens with one attached hydrogen (secondary N) is 1. The van der Waals surface area contributed by atoms with Gasteiger partial charge in [0.15, 0.2) is 0 Å². The second-order valence-corrected chi connectivity index (χ2v) is 6.39. The predicted octanol–water partition coefficient (Wildman–Crippen LogP) is 2.46. The molecule has 5 heteroatoms. The van der Waals surface area contributed by atoms with E-state index in [0.717, 1.165) is 25.8 Å². The van der Waals surface area contributed by atoms with Crippen LogP contribution in [0.5, 0.6) is 0 Å². The third-order valence-electron chi connectivity index (χ3n) is 3.43. The van der Waals surface area contributed by atoms with E-state index < -0.39 is 5.97 Å². The number of amides is 2. The molecule has 0 bridgehead atoms. The molecular weight excluding hydrogens is 244 g/mol. The zero-order valence-electron chi connectivity index (χ0n) is 12.4. The average molecular weight is 270 g/mol. The van der Waals surface area contributed by atoms with Gasteiger partial charge in [0.25, 0.3) is 0 Å². The van der Waals surface area contributed by atoms with E-state index in [0.29, 0.717) is 6.04 Å². The first kappa shape index (κ1) is 15.8. The van der Waals surface area contributed by atoms with Crippen LogP contribution in [0.2, 0.25) is 0 Å². The van der Waals surface area contributed by atoms with Gasteiger partial charge in [-0.1, -0.05) is 27.7 Å². The first-order valence-electron chi connectivity index (χ1n) is 7.04. The summed E-state index contributed by atoms with van der Waals surface area (Å²) in [4.78, 5) is 25.0. The van der Waals surface area contributed by atoms with Crippen LogP contribution in [-0.2, 0) is 4.79 Å². The SMILES string of the molecule is CCCN(C(=O)NC(CC(=O)O)C(C)(C)C)C1CC1. The molecule has 1 fully saturated rings. The highest BCUT2D eigenvalue weighted by Gasteiger charge is 2.35. The van der Waals surface area contributed by atoms with Gasteiger partial charge in [-0.15, -0.1) is 0 Å². The number of hydrogen-bond donors (Lipinski definition) is 2. The fourth-order valence-electron chi connectivity index (χ4n) is 2.06. The summed E-state index contributed by atoms with van der Waals surface area (Å²) in [5.41, 5.74) is -0.268. The van der Waals surface area contributed by atoms with Gasteiger partial charge in [-0.3, -0.25) is 4.79 Å². The molecule has 1 atom stereocenters. The van der Waals surface area contributed by atoms with Crippen LogP contribution < -0.4 is 5.32 Å². The Kier molecular flexibility index (Phi) is 5.20. The molecule has 0 heterocycles. The molecule has 5 nitrogen and oxygen atoms in total. The summed E-state index contributed by atoms with van der Waals surface area (Å²) >= 11 is 0. The molecule has 2 N–H and O–H groups in total. The summed E-state index contributed by atoms with van der Waals surface area (Å²) < 4.78 is 0. The second kappa shape index (κ2) is 6.26. The van der Waals surface area contributed by atoms with Crippen molar-refractivity contribution in [3.8, 4) is 0 Å². The van der Waals surface area contributed by atoms with Crippen LogP contribution in [0, 0.1) is 5.41 Å². The minimum absolute atomic E-state index is 0.0418. The third-order valence-corrected chi connectivity index (χ3v) is 3.43. The lowest BCUT2D eigenvalue weighted by atomic mass is 9.85. The maximum Gasteiger partial charge on any atom is 0.317 e. The summed E-state index contributed by atoms with van der Waals surface area (Å²) in [7, 11) is 0. The lowest BCUT2D eigenvalue weighted by Gasteiger charge is -2.33. The molecule has 0 aromatic carbocycles. The van der Waals surface area contributed by atoms with Crippen molar-refractivity contribution in [2.45, 2.75) is 65.5 Å². The first-order chi connectivity index (χ1) is 8.75. The summed E-state index contributed by atoms with van der Waals surface area (Å²) in [5.74, 6) is -0.881. The van der Waals surface area contributed by atoms with Crippen LogP contribution in [0.4, 0.5) is 4.79 Å². The van der Waals surface area contributed by atoms with Crippen LogP contribution in [0.25, 0.3) is 0 Å². The number of carbonyl (C=O) groups excluding carboxylic acids is 1. The van der Waals surface area contributed by atoms with Gasteiger partial charge in [-0.05, 0) is 24.7 Å². The molecule has 1 unspecified atom stereocenters. The van der Waals surface area contributed by atoms with Crippen LogP contribution in [0.3, 0.4) is 0 Å². The normalized spacial score (nSPS) is 16.8. The lowest BCUT2D eigenvalue weighted by Crippen LogP contribution is -2.51. The van der Waals surface area contributed by atoms with Crippen LogP contribution in [-0.4, -0.2) is 40.6 Å². The predicted molar refractivity (Wildman–Crippen MR) is 74.0 cm³/mol. The topological polar surface area (TPSA) is 69.6 Å². The number of carbonyl (C=O) groups is 2. The highest BCUT2D eigenvalue weighted by atomic mass is 16.4. The van der Waals surface area contributed by atoms with E-state index >= 15 is 0 Å². The van der Waals surface area contributed by atoms with Crippen molar-refractivity contribution >= 4 is 12.0 Å². The van der Waals surface area contributed by atoms with Crippen molar-refractivity contribution in [3.05, 3.63) is 0 Å². The van der Waals surface area contributed by atoms with E-state index in [2.05, 4.69) is 5.32 Å². The Bertz CT molecular complexity index is 332. The molecule has 1 aliphatic rings. The molecule has 2 amide bonds. The highest BCUT2D eigenvalue weighted by Crippen LogP contribution is 2.28. The van der Waals surface area contributed by atoms with E-state index in [1.165, 1.54) is 0 Å². The fourth-order valence-corrected chi connectivity index (χ4v) is 2.06. The monoisotopic (exact) mass is 270 g/mol. The van der Waals surface area contributed by atoms with Crippen molar-refractivity contribution in [2.24, 2.45) is 5.41 Å². The van der Waals surface area contributed by atoms with Gasteiger partial charge in [0.1, 0.15) is 0 Å². The molecule has 0 aromatic rings. The van der Waals surface area contributed by atoms with Gasteiger partial charge in [0, 0.05) is 18.6 Å². The Balaban J connectivity index is 2.66. The van der Waals surface area contributed by atoms with E-state index in [1.54, 1.807) is 0 Å². The summed E-state index contributed by atoms with van der Waals surface area (Å²) in [6.45, 7) is 8.62. The Hall–Kier alpha value is -1.26. The molecule has 0 aromatic heterocycles. The van der Waals surface area contributed by atoms with Gasteiger partial charge in [-0.2, -0.15) is 0 Å². The molecule has 0 spiro atoms. The molecule has 1 rings (SSSR count). The van der Waals surface area contributed by atoms with Gasteiger partial charge in [0.05, 0.1) is 6.42 Å². The Labute approximate surface area is 115 Å². The molecule has 0 aliphatic heterocycles. The number of aliphatic carboxylic acids is 1. The van der Waals surface area contributed by atoms with Crippen molar-refractivity contribution in [3.63, 3.8) is 0 Å². The number of urea groups is 1. The number of carboxylic acids is 1. The van der Waals surface area contributed by atoms with Crippen molar-refractivity contribution in [1.29, 1.82) is 0 Å². The number of hydrogen-bond acceptors (Lipinski definition) is 2. The zero-order valence-corrected chi connectivity index (χ0v) is 12.4. The van der Waals surface area contributed by atoms with E-state index in [9.17, 15) is 9.59 Å². The van der Waals surface area contributed by atoms with Crippen molar-refractivity contribution < 1.29 is 14.7 Å². The van der Waals surface area contributed by atoms with Crippen molar-refractivity contribution in [1.82, 2.24) is 10.2 Å². The molecule has 110 valence electrons. The lowest BCUT2D eigenvalue weighted by molar-refractivity contribution is -0.138. The fraction of sp³-hybridized carbons (Fsp3) is 0.857. The standard InChI is InChI=1S/C14H26N2O3/c1-5-8-16(10-6-7-10)13(19)15-11(9-12(17)18)14(2,3)4/h10-11H,5-9H2,1-4H3,(H,15,19)(H,17,18). The number of rotatable bonds is 6. The van der Waals surface area contributed by atoms with E-state index in [1.807, 2.05) is 32.6 Å². The third kappa shape index (κ3) is 5.09. The Morgan fingerprint density at radius 2 is 1.95 bits per heavy atom. The maximum atomic E-state index is 12.3. The highest BCUT2D eigenvalue weighted by molar-refractivity contribution is 5.76. The molecular formula is C14H26N2O3. The van der Waals surface area contributed by atoms with Gasteiger partial charge >= 0.3 is 12.0 Å². The van der Waals surface area contributed by atoms with E-state index in [4.69, 9.17) is 5.11 Å². The molecule has 0 saturated heterocycles. The van der Waals surface area contributed by atoms with Crippen LogP contribution >= 0.6 is 0 Å². The Morgan fingerprint density at radius 1 is 1.37 bits per heavy atom. The largest absolute Gasteiger partial charge is 0.481 e. The second-order valence-electron chi connectivity index (χ2n) is 6.39. The van der Waals surface area contributed by atoms with Gasteiger partial charge in [-0.25, -0.2) is 4.79 Å². The number of carboxylic acid groups (broad SMARTS) is 1. The summed E-state index contributed by atoms with van der Waals surface area (Å²) in [6.07, 6.45) is 3.00. The quantitative estimate of drug-likeness (QED) is 0.779. The first-order valence-corrected chi connectivity index (χ1v) is 7.04.